The Morgan fingerprint density at radius 3 is 2.08 bits per heavy atom. The minimum Gasteiger partial charge on any atom is -0.494 e. The van der Waals surface area contributed by atoms with Crippen molar-refractivity contribution in [3.8, 4) is 5.75 Å². The number of hydrogen-bond donors (Lipinski definition) is 2. The number of carbonyl (C=O) groups is 2. The summed E-state index contributed by atoms with van der Waals surface area (Å²) < 4.78 is 18.5. The van der Waals surface area contributed by atoms with Crippen molar-refractivity contribution in [3.05, 3.63) is 53.8 Å². The molecule has 2 rings (SSSR count). The SMILES string of the molecule is COc1ccc(CC(=O)Nc2ccc(NC(=O)CC(C)C)cc2)cc1F. The van der Waals surface area contributed by atoms with E-state index in [4.69, 9.17) is 4.74 Å². The zero-order chi connectivity index (χ0) is 19.1. The van der Waals surface area contributed by atoms with Crippen molar-refractivity contribution in [2.45, 2.75) is 26.7 Å². The molecule has 0 aliphatic rings. The van der Waals surface area contributed by atoms with Crippen molar-refractivity contribution in [1.29, 1.82) is 0 Å². The van der Waals surface area contributed by atoms with E-state index < -0.39 is 5.82 Å². The van der Waals surface area contributed by atoms with Crippen LogP contribution in [0, 0.1) is 11.7 Å². The molecule has 0 atom stereocenters. The first kappa shape index (κ1) is 19.4. The van der Waals surface area contributed by atoms with Gasteiger partial charge in [-0.1, -0.05) is 19.9 Å². The van der Waals surface area contributed by atoms with Gasteiger partial charge in [-0.05, 0) is 47.9 Å². The van der Waals surface area contributed by atoms with Gasteiger partial charge in [-0.2, -0.15) is 0 Å². The van der Waals surface area contributed by atoms with Crippen molar-refractivity contribution < 1.29 is 18.7 Å². The number of nitrogens with one attached hydrogen (secondary N) is 2. The van der Waals surface area contributed by atoms with Gasteiger partial charge in [-0.25, -0.2) is 4.39 Å². The molecule has 0 radical (unpaired) electrons. The molecule has 0 aliphatic carbocycles. The average Bonchev–Trinajstić information content (AvgIpc) is 2.56. The van der Waals surface area contributed by atoms with Gasteiger partial charge in [-0.15, -0.1) is 0 Å². The first-order chi connectivity index (χ1) is 12.4. The van der Waals surface area contributed by atoms with Crippen molar-refractivity contribution in [2.75, 3.05) is 17.7 Å². The number of carbonyl (C=O) groups excluding carboxylic acids is 2. The predicted molar refractivity (Wildman–Crippen MR) is 99.8 cm³/mol. The highest BCUT2D eigenvalue weighted by molar-refractivity contribution is 5.93. The number of ether oxygens (including phenoxy) is 1. The van der Waals surface area contributed by atoms with E-state index in [0.717, 1.165) is 0 Å². The Morgan fingerprint density at radius 2 is 1.58 bits per heavy atom. The van der Waals surface area contributed by atoms with Crippen LogP contribution in [0.25, 0.3) is 0 Å². The van der Waals surface area contributed by atoms with Crippen molar-refractivity contribution in [3.63, 3.8) is 0 Å². The largest absolute Gasteiger partial charge is 0.494 e. The molecule has 138 valence electrons. The van der Waals surface area contributed by atoms with Crippen LogP contribution in [0.1, 0.15) is 25.8 Å². The van der Waals surface area contributed by atoms with Crippen molar-refractivity contribution in [2.24, 2.45) is 5.92 Å². The predicted octanol–water partition coefficient (Wildman–Crippen LogP) is 4.00. The van der Waals surface area contributed by atoms with E-state index in [1.54, 1.807) is 30.3 Å². The van der Waals surface area contributed by atoms with Gasteiger partial charge in [0.2, 0.25) is 11.8 Å². The average molecular weight is 358 g/mol. The summed E-state index contributed by atoms with van der Waals surface area (Å²) in [6.07, 6.45) is 0.505. The highest BCUT2D eigenvalue weighted by Crippen LogP contribution is 2.19. The third-order valence-corrected chi connectivity index (χ3v) is 3.63. The molecule has 2 aromatic carbocycles. The quantitative estimate of drug-likeness (QED) is 0.786. The molecule has 0 saturated heterocycles. The highest BCUT2D eigenvalue weighted by Gasteiger charge is 2.09. The molecule has 0 spiro atoms. The van der Waals surface area contributed by atoms with Crippen LogP contribution in [0.5, 0.6) is 5.75 Å². The van der Waals surface area contributed by atoms with E-state index >= 15 is 0 Å². The van der Waals surface area contributed by atoms with Crippen molar-refractivity contribution in [1.82, 2.24) is 0 Å². The van der Waals surface area contributed by atoms with Crippen LogP contribution in [0.15, 0.2) is 42.5 Å². The van der Waals surface area contributed by atoms with Crippen LogP contribution in [0.4, 0.5) is 15.8 Å². The van der Waals surface area contributed by atoms with Gasteiger partial charge in [0.15, 0.2) is 11.6 Å². The summed E-state index contributed by atoms with van der Waals surface area (Å²) in [5.74, 6) is -0.371. The highest BCUT2D eigenvalue weighted by atomic mass is 19.1. The number of amides is 2. The van der Waals surface area contributed by atoms with E-state index in [1.165, 1.54) is 19.2 Å². The molecular weight excluding hydrogens is 335 g/mol. The van der Waals surface area contributed by atoms with Crippen LogP contribution < -0.4 is 15.4 Å². The number of halogens is 1. The van der Waals surface area contributed by atoms with E-state index in [0.29, 0.717) is 23.4 Å². The Morgan fingerprint density at radius 1 is 1.00 bits per heavy atom. The fraction of sp³-hybridized carbons (Fsp3) is 0.300. The molecule has 0 fully saturated rings. The number of rotatable bonds is 7. The molecular formula is C20H23FN2O3. The summed E-state index contributed by atoms with van der Waals surface area (Å²) in [4.78, 5) is 23.8. The molecule has 2 amide bonds. The second-order valence-corrected chi connectivity index (χ2v) is 6.42. The molecule has 2 aromatic rings. The van der Waals surface area contributed by atoms with Crippen molar-refractivity contribution >= 4 is 23.2 Å². The topological polar surface area (TPSA) is 67.4 Å². The first-order valence-electron chi connectivity index (χ1n) is 8.39. The Labute approximate surface area is 152 Å². The third-order valence-electron chi connectivity index (χ3n) is 3.63. The summed E-state index contributed by atoms with van der Waals surface area (Å²) in [6.45, 7) is 3.96. The number of methoxy groups -OCH3 is 1. The lowest BCUT2D eigenvalue weighted by molar-refractivity contribution is -0.117. The second-order valence-electron chi connectivity index (χ2n) is 6.42. The fourth-order valence-electron chi connectivity index (χ4n) is 2.43. The lowest BCUT2D eigenvalue weighted by atomic mass is 10.1. The summed E-state index contributed by atoms with van der Waals surface area (Å²) in [7, 11) is 1.39. The molecule has 0 unspecified atom stereocenters. The third kappa shape index (κ3) is 5.88. The molecule has 2 N–H and O–H groups in total. The Bertz CT molecular complexity index is 773. The molecule has 5 nitrogen and oxygen atoms in total. The molecule has 26 heavy (non-hydrogen) atoms. The van der Waals surface area contributed by atoms with E-state index in [1.807, 2.05) is 13.8 Å². The molecule has 0 saturated carbocycles. The first-order valence-corrected chi connectivity index (χ1v) is 8.39. The Balaban J connectivity index is 1.91. The zero-order valence-corrected chi connectivity index (χ0v) is 15.1. The summed E-state index contributed by atoms with van der Waals surface area (Å²) >= 11 is 0. The minimum absolute atomic E-state index is 0.0432. The van der Waals surface area contributed by atoms with Gasteiger partial charge in [0, 0.05) is 17.8 Å². The maximum absolute atomic E-state index is 13.7. The lowest BCUT2D eigenvalue weighted by Crippen LogP contribution is -2.15. The van der Waals surface area contributed by atoms with Gasteiger partial charge in [-0.3, -0.25) is 9.59 Å². The van der Waals surface area contributed by atoms with E-state index in [2.05, 4.69) is 10.6 Å². The second kappa shape index (κ2) is 8.99. The van der Waals surface area contributed by atoms with Crippen LogP contribution in [-0.4, -0.2) is 18.9 Å². The number of hydrogen-bond acceptors (Lipinski definition) is 3. The maximum Gasteiger partial charge on any atom is 0.228 e. The van der Waals surface area contributed by atoms with Crippen LogP contribution in [0.2, 0.25) is 0 Å². The van der Waals surface area contributed by atoms with Gasteiger partial charge in [0.1, 0.15) is 0 Å². The minimum atomic E-state index is -0.501. The fourth-order valence-corrected chi connectivity index (χ4v) is 2.43. The van der Waals surface area contributed by atoms with E-state index in [9.17, 15) is 14.0 Å². The number of anilines is 2. The molecule has 0 heterocycles. The zero-order valence-electron chi connectivity index (χ0n) is 15.1. The molecule has 0 bridgehead atoms. The van der Waals surface area contributed by atoms with Crippen LogP contribution in [0.3, 0.4) is 0 Å². The maximum atomic E-state index is 13.7. The normalized spacial score (nSPS) is 10.5. The Kier molecular flexibility index (Phi) is 6.72. The summed E-state index contributed by atoms with van der Waals surface area (Å²) in [6, 6.07) is 11.3. The standard InChI is InChI=1S/C20H23FN2O3/c1-13(2)10-19(24)22-15-5-7-16(8-6-15)23-20(25)12-14-4-9-18(26-3)17(21)11-14/h4-9,11,13H,10,12H2,1-3H3,(H,22,24)(H,23,25). The van der Waals surface area contributed by atoms with Crippen LogP contribution >= 0.6 is 0 Å². The molecule has 0 aromatic heterocycles. The lowest BCUT2D eigenvalue weighted by Gasteiger charge is -2.09. The molecule has 6 heteroatoms. The summed E-state index contributed by atoms with van der Waals surface area (Å²) in [5, 5.41) is 5.55. The smallest absolute Gasteiger partial charge is 0.228 e. The van der Waals surface area contributed by atoms with Gasteiger partial charge in [0.05, 0.1) is 13.5 Å². The summed E-state index contributed by atoms with van der Waals surface area (Å²) in [5.41, 5.74) is 1.83. The van der Waals surface area contributed by atoms with E-state index in [-0.39, 0.29) is 29.9 Å². The monoisotopic (exact) mass is 358 g/mol. The van der Waals surface area contributed by atoms with Gasteiger partial charge < -0.3 is 15.4 Å². The van der Waals surface area contributed by atoms with Gasteiger partial charge in [0.25, 0.3) is 0 Å². The van der Waals surface area contributed by atoms with Gasteiger partial charge >= 0.3 is 0 Å². The number of benzene rings is 2. The van der Waals surface area contributed by atoms with Crippen LogP contribution in [-0.2, 0) is 16.0 Å². The molecule has 0 aliphatic heterocycles. The Hall–Kier alpha value is -2.89.